The number of aromatic nitrogens is 1. The van der Waals surface area contributed by atoms with Crippen molar-refractivity contribution < 1.29 is 5.11 Å². The van der Waals surface area contributed by atoms with Gasteiger partial charge in [-0.25, -0.2) is 4.98 Å². The maximum Gasteiger partial charge on any atom is 0.108 e. The van der Waals surface area contributed by atoms with Crippen molar-refractivity contribution >= 4 is 11.3 Å². The van der Waals surface area contributed by atoms with Crippen molar-refractivity contribution in [3.05, 3.63) is 28.2 Å². The Morgan fingerprint density at radius 2 is 2.27 bits per heavy atom. The van der Waals surface area contributed by atoms with Gasteiger partial charge in [-0.2, -0.15) is 0 Å². The summed E-state index contributed by atoms with van der Waals surface area (Å²) in [6, 6.07) is 0. The molecule has 0 aliphatic carbocycles. The molecule has 0 bridgehead atoms. The lowest BCUT2D eigenvalue weighted by atomic mass is 10.2. The van der Waals surface area contributed by atoms with Gasteiger partial charge in [-0.1, -0.05) is 6.08 Å². The fraction of sp³-hybridized carbons (Fsp3) is 0.375. The standard InChI is InChI=1S/C8H11NOS/c1-4-7(10)8-5(2)9-6(3)11-8/h4,7,10H,1H2,2-3H3. The molecule has 1 heterocycles. The molecule has 1 aromatic heterocycles. The Kier molecular flexibility index (Phi) is 2.42. The van der Waals surface area contributed by atoms with Gasteiger partial charge in [0.25, 0.3) is 0 Å². The minimum Gasteiger partial charge on any atom is -0.383 e. The van der Waals surface area contributed by atoms with Crippen LogP contribution in [0.3, 0.4) is 0 Å². The number of aryl methyl sites for hydroxylation is 2. The third-order valence-electron chi connectivity index (χ3n) is 1.43. The van der Waals surface area contributed by atoms with Crippen molar-refractivity contribution in [2.24, 2.45) is 0 Å². The van der Waals surface area contributed by atoms with E-state index in [-0.39, 0.29) is 0 Å². The number of aliphatic hydroxyl groups is 1. The fourth-order valence-electron chi connectivity index (χ4n) is 0.929. The van der Waals surface area contributed by atoms with E-state index in [1.54, 1.807) is 0 Å². The Morgan fingerprint density at radius 1 is 1.64 bits per heavy atom. The van der Waals surface area contributed by atoms with Crippen LogP contribution in [0.4, 0.5) is 0 Å². The van der Waals surface area contributed by atoms with Crippen LogP contribution in [0.15, 0.2) is 12.7 Å². The first-order chi connectivity index (χ1) is 5.15. The molecule has 0 saturated heterocycles. The topological polar surface area (TPSA) is 33.1 Å². The molecule has 1 unspecified atom stereocenters. The highest BCUT2D eigenvalue weighted by molar-refractivity contribution is 7.11. The van der Waals surface area contributed by atoms with Gasteiger partial charge in [0.1, 0.15) is 6.10 Å². The summed E-state index contributed by atoms with van der Waals surface area (Å²) >= 11 is 1.51. The number of hydrogen-bond donors (Lipinski definition) is 1. The summed E-state index contributed by atoms with van der Waals surface area (Å²) in [5.41, 5.74) is 0.903. The Morgan fingerprint density at radius 3 is 2.64 bits per heavy atom. The Hall–Kier alpha value is -0.670. The maximum absolute atomic E-state index is 9.38. The molecule has 0 radical (unpaired) electrons. The van der Waals surface area contributed by atoms with Crippen molar-refractivity contribution in [1.82, 2.24) is 4.98 Å². The first-order valence-corrected chi connectivity index (χ1v) is 4.21. The van der Waals surface area contributed by atoms with Crippen LogP contribution in [-0.4, -0.2) is 10.1 Å². The second-order valence-electron chi connectivity index (χ2n) is 2.36. The van der Waals surface area contributed by atoms with Crippen LogP contribution in [0.5, 0.6) is 0 Å². The molecular formula is C8H11NOS. The van der Waals surface area contributed by atoms with Gasteiger partial charge in [0.15, 0.2) is 0 Å². The quantitative estimate of drug-likeness (QED) is 0.687. The highest BCUT2D eigenvalue weighted by Gasteiger charge is 2.10. The molecule has 0 spiro atoms. The Bertz CT molecular complexity index is 267. The fourth-order valence-corrected chi connectivity index (χ4v) is 1.84. The largest absolute Gasteiger partial charge is 0.383 e. The molecule has 11 heavy (non-hydrogen) atoms. The summed E-state index contributed by atoms with van der Waals surface area (Å²) in [5.74, 6) is 0. The van der Waals surface area contributed by atoms with E-state index in [1.165, 1.54) is 17.4 Å². The molecule has 1 atom stereocenters. The van der Waals surface area contributed by atoms with Crippen molar-refractivity contribution in [2.45, 2.75) is 20.0 Å². The lowest BCUT2D eigenvalue weighted by Crippen LogP contribution is -1.90. The first-order valence-electron chi connectivity index (χ1n) is 3.39. The maximum atomic E-state index is 9.38. The zero-order chi connectivity index (χ0) is 8.43. The van der Waals surface area contributed by atoms with Gasteiger partial charge >= 0.3 is 0 Å². The molecule has 0 aliphatic heterocycles. The van der Waals surface area contributed by atoms with Gasteiger partial charge in [0, 0.05) is 0 Å². The summed E-state index contributed by atoms with van der Waals surface area (Å²) in [7, 11) is 0. The average molecular weight is 169 g/mol. The van der Waals surface area contributed by atoms with Crippen LogP contribution in [0.1, 0.15) is 21.7 Å². The summed E-state index contributed by atoms with van der Waals surface area (Å²) in [6.45, 7) is 7.34. The van der Waals surface area contributed by atoms with E-state index in [1.807, 2.05) is 13.8 Å². The number of nitrogens with zero attached hydrogens (tertiary/aromatic N) is 1. The minimum absolute atomic E-state index is 0.554. The molecule has 2 nitrogen and oxygen atoms in total. The zero-order valence-corrected chi connectivity index (χ0v) is 7.48. The summed E-state index contributed by atoms with van der Waals surface area (Å²) in [4.78, 5) is 5.09. The third-order valence-corrected chi connectivity index (χ3v) is 2.57. The van der Waals surface area contributed by atoms with E-state index in [2.05, 4.69) is 11.6 Å². The van der Waals surface area contributed by atoms with Gasteiger partial charge in [-0.3, -0.25) is 0 Å². The smallest absolute Gasteiger partial charge is 0.108 e. The van der Waals surface area contributed by atoms with Gasteiger partial charge in [-0.05, 0) is 13.8 Å². The molecular weight excluding hydrogens is 158 g/mol. The van der Waals surface area contributed by atoms with Crippen LogP contribution >= 0.6 is 11.3 Å². The van der Waals surface area contributed by atoms with Gasteiger partial charge in [0.05, 0.1) is 15.6 Å². The number of thiazole rings is 1. The zero-order valence-electron chi connectivity index (χ0n) is 6.66. The van der Waals surface area contributed by atoms with E-state index in [4.69, 9.17) is 0 Å². The number of hydrogen-bond acceptors (Lipinski definition) is 3. The second kappa shape index (κ2) is 3.15. The predicted octanol–water partition coefficient (Wildman–Crippen LogP) is 1.98. The normalized spacial score (nSPS) is 13.0. The van der Waals surface area contributed by atoms with Crippen molar-refractivity contribution in [2.75, 3.05) is 0 Å². The lowest BCUT2D eigenvalue weighted by molar-refractivity contribution is 0.232. The molecule has 0 aromatic carbocycles. The second-order valence-corrected chi connectivity index (χ2v) is 3.60. The highest BCUT2D eigenvalue weighted by Crippen LogP contribution is 2.24. The molecule has 0 saturated carbocycles. The van der Waals surface area contributed by atoms with E-state index >= 15 is 0 Å². The molecule has 60 valence electrons. The minimum atomic E-state index is -0.554. The van der Waals surface area contributed by atoms with E-state index in [0.717, 1.165) is 15.6 Å². The van der Waals surface area contributed by atoms with E-state index in [9.17, 15) is 5.11 Å². The van der Waals surface area contributed by atoms with Crippen LogP contribution in [0.25, 0.3) is 0 Å². The first kappa shape index (κ1) is 8.43. The van der Waals surface area contributed by atoms with Gasteiger partial charge in [-0.15, -0.1) is 17.9 Å². The predicted molar refractivity (Wildman–Crippen MR) is 46.7 cm³/mol. The molecule has 0 amide bonds. The van der Waals surface area contributed by atoms with Gasteiger partial charge < -0.3 is 5.11 Å². The SMILES string of the molecule is C=CC(O)c1sc(C)nc1C. The van der Waals surface area contributed by atoms with Crippen LogP contribution < -0.4 is 0 Å². The number of aliphatic hydroxyl groups excluding tert-OH is 1. The van der Waals surface area contributed by atoms with Crippen LogP contribution in [-0.2, 0) is 0 Å². The van der Waals surface area contributed by atoms with E-state index in [0.29, 0.717) is 0 Å². The molecule has 0 aliphatic rings. The monoisotopic (exact) mass is 169 g/mol. The third kappa shape index (κ3) is 1.67. The summed E-state index contributed by atoms with van der Waals surface area (Å²) in [6.07, 6.45) is 0.959. The Balaban J connectivity index is 3.02. The van der Waals surface area contributed by atoms with Crippen LogP contribution in [0.2, 0.25) is 0 Å². The summed E-state index contributed by atoms with van der Waals surface area (Å²) in [5, 5.41) is 10.4. The molecule has 1 rings (SSSR count). The molecule has 1 N–H and O–H groups in total. The van der Waals surface area contributed by atoms with Gasteiger partial charge in [0.2, 0.25) is 0 Å². The van der Waals surface area contributed by atoms with E-state index < -0.39 is 6.10 Å². The summed E-state index contributed by atoms with van der Waals surface area (Å²) < 4.78 is 0. The number of rotatable bonds is 2. The molecule has 0 fully saturated rings. The van der Waals surface area contributed by atoms with Crippen molar-refractivity contribution in [3.8, 4) is 0 Å². The average Bonchev–Trinajstić information content (AvgIpc) is 2.28. The van der Waals surface area contributed by atoms with Crippen LogP contribution in [0, 0.1) is 13.8 Å². The lowest BCUT2D eigenvalue weighted by Gasteiger charge is -2.00. The molecule has 3 heteroatoms. The molecule has 1 aromatic rings. The van der Waals surface area contributed by atoms with Crippen molar-refractivity contribution in [3.63, 3.8) is 0 Å². The highest BCUT2D eigenvalue weighted by atomic mass is 32.1. The Labute approximate surface area is 70.2 Å². The van der Waals surface area contributed by atoms with Crippen molar-refractivity contribution in [1.29, 1.82) is 0 Å².